The quantitative estimate of drug-likeness (QED) is 0.102. The third kappa shape index (κ3) is 8.74. The number of allylic oxidation sites excluding steroid dienone is 5. The van der Waals surface area contributed by atoms with Gasteiger partial charge in [-0.2, -0.15) is 0 Å². The second-order valence-electron chi connectivity index (χ2n) is 15.5. The molecule has 12 nitrogen and oxygen atoms in total. The number of carbonyl (C=O) groups excluding carboxylic acids is 3. The summed E-state index contributed by atoms with van der Waals surface area (Å²) < 4.78 is 31.0. The van der Waals surface area contributed by atoms with Crippen molar-refractivity contribution in [2.45, 2.75) is 109 Å². The third-order valence-electron chi connectivity index (χ3n) is 10.6. The smallest absolute Gasteiger partial charge is 0.408 e. The highest BCUT2D eigenvalue weighted by atomic mass is 31.2. The lowest BCUT2D eigenvalue weighted by molar-refractivity contribution is -0.142. The maximum absolute atomic E-state index is 14.6. The Morgan fingerprint density at radius 1 is 1.23 bits per heavy atom. The van der Waals surface area contributed by atoms with Crippen molar-refractivity contribution in [3.05, 3.63) is 59.7 Å². The predicted molar refractivity (Wildman–Crippen MR) is 204 cm³/mol. The van der Waals surface area contributed by atoms with Crippen molar-refractivity contribution in [2.75, 3.05) is 20.3 Å². The highest BCUT2D eigenvalue weighted by molar-refractivity contribution is 7.59. The molecule has 2 heterocycles. The van der Waals surface area contributed by atoms with E-state index in [4.69, 9.17) is 25.6 Å². The van der Waals surface area contributed by atoms with Crippen LogP contribution in [0.15, 0.2) is 42.7 Å². The summed E-state index contributed by atoms with van der Waals surface area (Å²) in [4.78, 5) is 58.9. The van der Waals surface area contributed by atoms with Gasteiger partial charge in [-0.1, -0.05) is 44.9 Å². The summed E-state index contributed by atoms with van der Waals surface area (Å²) >= 11 is 0. The number of hydrogen-bond donors (Lipinski definition) is 3. The number of nitrogens with zero attached hydrogens (tertiary/aromatic N) is 2. The van der Waals surface area contributed by atoms with E-state index >= 15 is 0 Å². The number of pyridine rings is 1. The first-order valence-corrected chi connectivity index (χ1v) is 20.4. The fourth-order valence-corrected chi connectivity index (χ4v) is 9.04. The average Bonchev–Trinajstić information content (AvgIpc) is 3.37. The molecular formula is C40H53N4O8P. The fraction of sp³-hybridized carbons (Fsp3) is 0.550. The van der Waals surface area contributed by atoms with Gasteiger partial charge >= 0.3 is 6.09 Å². The summed E-state index contributed by atoms with van der Waals surface area (Å²) in [5.74, 6) is 2.51. The zero-order chi connectivity index (χ0) is 38.7. The molecule has 0 aromatic carbocycles. The van der Waals surface area contributed by atoms with E-state index in [9.17, 15) is 23.8 Å². The Morgan fingerprint density at radius 3 is 2.53 bits per heavy atom. The van der Waals surface area contributed by atoms with Crippen LogP contribution < -0.4 is 15.4 Å². The Balaban J connectivity index is 1.50. The normalized spacial score (nSPS) is 26.1. The van der Waals surface area contributed by atoms with E-state index in [0.717, 1.165) is 37.0 Å². The molecule has 0 radical (unpaired) electrons. The van der Waals surface area contributed by atoms with Gasteiger partial charge in [0.1, 0.15) is 35.3 Å². The Hall–Kier alpha value is -4.33. The topological polar surface area (TPSA) is 156 Å². The number of hydrogen-bond acceptors (Lipinski definition) is 8. The van der Waals surface area contributed by atoms with Crippen molar-refractivity contribution in [3.63, 3.8) is 0 Å². The van der Waals surface area contributed by atoms with Gasteiger partial charge in [0.05, 0.1) is 36.4 Å². The first kappa shape index (κ1) is 39.9. The highest BCUT2D eigenvalue weighted by Crippen LogP contribution is 2.67. The van der Waals surface area contributed by atoms with Crippen molar-refractivity contribution in [2.24, 2.45) is 11.3 Å². The van der Waals surface area contributed by atoms with Gasteiger partial charge in [0.2, 0.25) is 19.2 Å². The summed E-state index contributed by atoms with van der Waals surface area (Å²) in [6.45, 7) is 12.4. The number of amides is 3. The van der Waals surface area contributed by atoms with Gasteiger partial charge < -0.3 is 34.6 Å². The second kappa shape index (κ2) is 16.0. The third-order valence-corrected chi connectivity index (χ3v) is 12.7. The number of fused-ring (bicyclic) bond motifs is 1. The van der Waals surface area contributed by atoms with E-state index in [1.807, 2.05) is 45.9 Å². The summed E-state index contributed by atoms with van der Waals surface area (Å²) in [7, 11) is -2.22. The van der Waals surface area contributed by atoms with E-state index in [2.05, 4.69) is 23.1 Å². The maximum atomic E-state index is 14.6. The standard InChI is InChI=1S/C40H53N4O8P/c1-9-12-15-25(10-2)31-22-34(30-19-18-28(50-7)20-32(30)41-31)51-29-21-33(36(45)43-40(53(8,48)49)23-26(40)11-3)44(24-29)37(46)35(39(4,5)6)42-38(47)52-27-16-13-14-17-27/h2,9,11-12,15,20,22,26-27,29,33,35H,3,13-14,16-19,21,23-24H2,1,4-8H3,(H,42,47)(H,43,45)(H,48,49)/b12-9-,25-15+/t26-,29-,33+,35-,40+/m1/s1. The lowest BCUT2D eigenvalue weighted by atomic mass is 9.85. The lowest BCUT2D eigenvalue weighted by Gasteiger charge is -2.35. The van der Waals surface area contributed by atoms with Crippen LogP contribution in [0.3, 0.4) is 0 Å². The van der Waals surface area contributed by atoms with Crippen LogP contribution in [-0.2, 0) is 30.0 Å². The van der Waals surface area contributed by atoms with Crippen LogP contribution in [-0.4, -0.2) is 82.6 Å². The number of rotatable bonds is 12. The highest BCUT2D eigenvalue weighted by Gasteiger charge is 2.64. The molecule has 1 aliphatic heterocycles. The number of ether oxygens (including phenoxy) is 3. The Labute approximate surface area is 312 Å². The molecule has 3 fully saturated rings. The summed E-state index contributed by atoms with van der Waals surface area (Å²) in [5, 5.41) is 4.27. The van der Waals surface area contributed by atoms with Crippen molar-refractivity contribution in [1.82, 2.24) is 20.5 Å². The van der Waals surface area contributed by atoms with Gasteiger partial charge in [-0.25, -0.2) is 9.78 Å². The number of nitrogens with one attached hydrogen (secondary N) is 2. The Bertz CT molecular complexity index is 1790. The largest absolute Gasteiger partial charge is 0.501 e. The van der Waals surface area contributed by atoms with Crippen molar-refractivity contribution >= 4 is 36.9 Å². The summed E-state index contributed by atoms with van der Waals surface area (Å²) in [5.41, 5.74) is 1.77. The molecule has 5 rings (SSSR count). The molecule has 286 valence electrons. The van der Waals surface area contributed by atoms with Crippen LogP contribution in [0.1, 0.15) is 89.6 Å². The van der Waals surface area contributed by atoms with Gasteiger partial charge in [0, 0.05) is 43.1 Å². The number of alkyl carbamates (subject to hydrolysis) is 1. The summed E-state index contributed by atoms with van der Waals surface area (Å²) in [6, 6.07) is -0.346. The van der Waals surface area contributed by atoms with Crippen LogP contribution in [0, 0.1) is 23.7 Å². The molecule has 1 unspecified atom stereocenters. The molecule has 13 heteroatoms. The Kier molecular flexibility index (Phi) is 12.0. The van der Waals surface area contributed by atoms with Gasteiger partial charge in [0.25, 0.3) is 0 Å². The van der Waals surface area contributed by atoms with Crippen molar-refractivity contribution in [3.8, 4) is 18.1 Å². The van der Waals surface area contributed by atoms with E-state index in [-0.39, 0.29) is 25.5 Å². The zero-order valence-electron chi connectivity index (χ0n) is 31.6. The molecular weight excluding hydrogens is 695 g/mol. The molecule has 1 saturated heterocycles. The minimum Gasteiger partial charge on any atom is -0.501 e. The van der Waals surface area contributed by atoms with Gasteiger partial charge in [0.15, 0.2) is 0 Å². The first-order valence-electron chi connectivity index (χ1n) is 18.3. The molecule has 3 aliphatic carbocycles. The number of likely N-dealkylation sites (tertiary alicyclic amines) is 1. The van der Waals surface area contributed by atoms with E-state index in [0.29, 0.717) is 35.6 Å². The number of methoxy groups -OCH3 is 1. The molecule has 2 saturated carbocycles. The minimum atomic E-state index is -3.83. The molecule has 0 spiro atoms. The minimum absolute atomic E-state index is 0.00560. The zero-order valence-corrected chi connectivity index (χ0v) is 32.5. The number of aromatic nitrogens is 1. The van der Waals surface area contributed by atoms with Crippen LogP contribution in [0.2, 0.25) is 0 Å². The second-order valence-corrected chi connectivity index (χ2v) is 18.1. The molecule has 1 aromatic heterocycles. The van der Waals surface area contributed by atoms with Crippen LogP contribution in [0.4, 0.5) is 4.79 Å². The number of carbonyl (C=O) groups is 3. The molecule has 0 bridgehead atoms. The van der Waals surface area contributed by atoms with Crippen molar-refractivity contribution < 1.29 is 38.1 Å². The van der Waals surface area contributed by atoms with Crippen LogP contribution >= 0.6 is 7.37 Å². The van der Waals surface area contributed by atoms with Gasteiger partial charge in [-0.3, -0.25) is 14.2 Å². The molecule has 4 aliphatic rings. The van der Waals surface area contributed by atoms with E-state index in [1.165, 1.54) is 11.6 Å². The first-order chi connectivity index (χ1) is 25.0. The molecule has 6 atom stereocenters. The van der Waals surface area contributed by atoms with Gasteiger partial charge in [-0.05, 0) is 56.9 Å². The maximum Gasteiger partial charge on any atom is 0.408 e. The van der Waals surface area contributed by atoms with E-state index in [1.54, 1.807) is 25.3 Å². The van der Waals surface area contributed by atoms with Crippen LogP contribution in [0.25, 0.3) is 11.6 Å². The molecule has 3 N–H and O–H groups in total. The average molecular weight is 749 g/mol. The monoisotopic (exact) mass is 748 g/mol. The molecule has 53 heavy (non-hydrogen) atoms. The SMILES string of the molecule is C#C/C(=C\C=C/C)c1cc(O[C@@H]2C[C@@H](C(=O)N[C@]3(P(C)(=O)O)C[C@H]3C=C)N(C(=O)[C@@H](NC(=O)OC3CCCC3)C(C)(C)C)C2)c2c(n1)C=C(OC)CC2. The Morgan fingerprint density at radius 2 is 1.94 bits per heavy atom. The van der Waals surface area contributed by atoms with Crippen LogP contribution in [0.5, 0.6) is 5.75 Å². The van der Waals surface area contributed by atoms with Gasteiger partial charge in [-0.15, -0.1) is 13.0 Å². The summed E-state index contributed by atoms with van der Waals surface area (Å²) in [6.07, 6.45) is 18.2. The predicted octanol–water partition coefficient (Wildman–Crippen LogP) is 5.96. The molecule has 3 amide bonds. The molecule has 1 aromatic rings. The van der Waals surface area contributed by atoms with E-state index < -0.39 is 60.1 Å². The lowest BCUT2D eigenvalue weighted by Crippen LogP contribution is -2.58. The number of terminal acetylenes is 1. The fourth-order valence-electron chi connectivity index (χ4n) is 7.47. The van der Waals surface area contributed by atoms with Crippen molar-refractivity contribution in [1.29, 1.82) is 0 Å².